The number of benzene rings is 1. The minimum atomic E-state index is -0.558. The second-order valence-electron chi connectivity index (χ2n) is 9.35. The van der Waals surface area contributed by atoms with Crippen LogP contribution in [0, 0.1) is 30.5 Å². The van der Waals surface area contributed by atoms with Crippen LogP contribution in [-0.4, -0.2) is 60.0 Å². The van der Waals surface area contributed by atoms with Gasteiger partial charge in [-0.15, -0.1) is 0 Å². The van der Waals surface area contributed by atoms with E-state index in [9.17, 15) is 9.18 Å². The molecule has 2 aromatic rings. The van der Waals surface area contributed by atoms with Gasteiger partial charge < -0.3 is 26.2 Å². The molecule has 2 aliphatic carbocycles. The summed E-state index contributed by atoms with van der Waals surface area (Å²) < 4.78 is 14.5. The van der Waals surface area contributed by atoms with Gasteiger partial charge in [-0.25, -0.2) is 9.37 Å². The number of hydrogen-bond acceptors (Lipinski definition) is 7. The highest BCUT2D eigenvalue weighted by atomic mass is 19.1. The van der Waals surface area contributed by atoms with Gasteiger partial charge in [0.05, 0.1) is 12.1 Å². The highest BCUT2D eigenvalue weighted by Crippen LogP contribution is 2.44. The number of hydrogen-bond donors (Lipinski definition) is 3. The Labute approximate surface area is 193 Å². The Hall–Kier alpha value is -3.20. The number of rotatable bonds is 6. The molecule has 4 N–H and O–H groups in total. The molecule has 2 fully saturated rings. The smallest absolute Gasteiger partial charge is 0.229 e. The van der Waals surface area contributed by atoms with Crippen molar-refractivity contribution in [1.29, 1.82) is 0 Å². The highest BCUT2D eigenvalue weighted by molar-refractivity contribution is 5.79. The number of allylic oxidation sites excluding steroid dienone is 1. The molecule has 4 atom stereocenters. The van der Waals surface area contributed by atoms with Gasteiger partial charge in [0.1, 0.15) is 0 Å². The van der Waals surface area contributed by atoms with Crippen LogP contribution in [0.25, 0.3) is 0 Å². The van der Waals surface area contributed by atoms with Crippen LogP contribution in [0.1, 0.15) is 12.0 Å². The van der Waals surface area contributed by atoms with Crippen molar-refractivity contribution in [1.82, 2.24) is 14.9 Å². The SMILES string of the molecule is Cc1cc(Nc2ncc(F)c(N[C@H]3C(C(N)=O)C4C=C[C@H]3C4)n2)ccc1N1CCN(C)CC1. The van der Waals surface area contributed by atoms with Crippen LogP contribution in [0.5, 0.6) is 0 Å². The summed E-state index contributed by atoms with van der Waals surface area (Å²) in [5, 5.41) is 6.32. The van der Waals surface area contributed by atoms with Crippen LogP contribution in [0.4, 0.5) is 27.5 Å². The van der Waals surface area contributed by atoms with E-state index in [1.54, 1.807) is 0 Å². The summed E-state index contributed by atoms with van der Waals surface area (Å²) in [6.07, 6.45) is 6.11. The van der Waals surface area contributed by atoms with Gasteiger partial charge in [-0.3, -0.25) is 4.79 Å². The molecule has 5 rings (SSSR count). The third-order valence-electron chi connectivity index (χ3n) is 7.13. The first kappa shape index (κ1) is 21.6. The molecule has 1 amide bonds. The number of anilines is 4. The summed E-state index contributed by atoms with van der Waals surface area (Å²) >= 11 is 0. The third-order valence-corrected chi connectivity index (χ3v) is 7.13. The molecule has 1 saturated carbocycles. The van der Waals surface area contributed by atoms with Crippen molar-refractivity contribution < 1.29 is 9.18 Å². The standard InChI is InChI=1S/C24H30FN7O/c1-14-11-17(5-6-19(14)32-9-7-31(2)8-10-32)28-24-27-13-18(25)23(30-24)29-21-16-4-3-15(12-16)20(21)22(26)33/h3-6,11,13,15-16,20-21H,7-10,12H2,1-2H3,(H2,26,33)(H2,27,28,29,30)/t15?,16-,20?,21+/m0/s1. The van der Waals surface area contributed by atoms with Crippen molar-refractivity contribution in [3.63, 3.8) is 0 Å². The number of nitrogens with zero attached hydrogens (tertiary/aromatic N) is 4. The average molecular weight is 452 g/mol. The Balaban J connectivity index is 1.31. The highest BCUT2D eigenvalue weighted by Gasteiger charge is 2.47. The van der Waals surface area contributed by atoms with Crippen LogP contribution in [0.2, 0.25) is 0 Å². The van der Waals surface area contributed by atoms with Crippen molar-refractivity contribution >= 4 is 29.0 Å². The van der Waals surface area contributed by atoms with Gasteiger partial charge in [0, 0.05) is 43.6 Å². The molecule has 1 aliphatic heterocycles. The maximum atomic E-state index is 14.5. The fourth-order valence-corrected chi connectivity index (χ4v) is 5.36. The number of piperazine rings is 1. The first-order chi connectivity index (χ1) is 15.9. The number of likely N-dealkylation sites (N-methyl/N-ethyl adjacent to an activating group) is 1. The number of primary amides is 1. The molecule has 0 spiro atoms. The van der Waals surface area contributed by atoms with Crippen molar-refractivity contribution in [2.75, 3.05) is 48.8 Å². The first-order valence-electron chi connectivity index (χ1n) is 11.5. The van der Waals surface area contributed by atoms with Gasteiger partial charge >= 0.3 is 0 Å². The molecule has 3 aliphatic rings. The number of aromatic nitrogens is 2. The zero-order chi connectivity index (χ0) is 23.1. The van der Waals surface area contributed by atoms with Gasteiger partial charge in [0.2, 0.25) is 11.9 Å². The van der Waals surface area contributed by atoms with Crippen molar-refractivity contribution in [3.05, 3.63) is 47.9 Å². The lowest BCUT2D eigenvalue weighted by Crippen LogP contribution is -2.44. The van der Waals surface area contributed by atoms with Crippen LogP contribution in [0.3, 0.4) is 0 Å². The zero-order valence-corrected chi connectivity index (χ0v) is 19.0. The van der Waals surface area contributed by atoms with Gasteiger partial charge in [-0.1, -0.05) is 12.2 Å². The monoisotopic (exact) mass is 451 g/mol. The van der Waals surface area contributed by atoms with Crippen LogP contribution < -0.4 is 21.3 Å². The van der Waals surface area contributed by atoms with Crippen molar-refractivity contribution in [3.8, 4) is 0 Å². The van der Waals surface area contributed by atoms with E-state index in [1.807, 2.05) is 12.1 Å². The Morgan fingerprint density at radius 1 is 1.18 bits per heavy atom. The normalized spacial score (nSPS) is 26.6. The number of carbonyl (C=O) groups excluding carboxylic acids is 1. The maximum absolute atomic E-state index is 14.5. The lowest BCUT2D eigenvalue weighted by atomic mass is 9.88. The second-order valence-corrected chi connectivity index (χ2v) is 9.35. The molecule has 1 aromatic carbocycles. The van der Waals surface area contributed by atoms with Crippen molar-refractivity contribution in [2.45, 2.75) is 19.4 Å². The van der Waals surface area contributed by atoms with E-state index in [2.05, 4.69) is 62.6 Å². The Morgan fingerprint density at radius 3 is 2.67 bits per heavy atom. The molecule has 2 unspecified atom stereocenters. The van der Waals surface area contributed by atoms with E-state index in [4.69, 9.17) is 5.73 Å². The van der Waals surface area contributed by atoms with E-state index in [0.717, 1.165) is 50.0 Å². The largest absolute Gasteiger partial charge is 0.369 e. The van der Waals surface area contributed by atoms with Crippen molar-refractivity contribution in [2.24, 2.45) is 23.5 Å². The molecule has 0 radical (unpaired) electrons. The quantitative estimate of drug-likeness (QED) is 0.581. The fourth-order valence-electron chi connectivity index (χ4n) is 5.36. The Kier molecular flexibility index (Phi) is 5.65. The number of fused-ring (bicyclic) bond motifs is 2. The first-order valence-corrected chi connectivity index (χ1v) is 11.5. The Morgan fingerprint density at radius 2 is 1.94 bits per heavy atom. The lowest BCUT2D eigenvalue weighted by molar-refractivity contribution is -0.122. The van der Waals surface area contributed by atoms with E-state index >= 15 is 0 Å². The average Bonchev–Trinajstić information content (AvgIpc) is 3.39. The van der Waals surface area contributed by atoms with Gasteiger partial charge in [0.25, 0.3) is 0 Å². The summed E-state index contributed by atoms with van der Waals surface area (Å²) in [6.45, 7) is 6.20. The number of halogens is 1. The van der Waals surface area contributed by atoms with E-state index in [0.29, 0.717) is 5.95 Å². The number of amides is 1. The minimum absolute atomic E-state index is 0.0791. The van der Waals surface area contributed by atoms with Crippen LogP contribution >= 0.6 is 0 Å². The number of nitrogens with one attached hydrogen (secondary N) is 2. The van der Waals surface area contributed by atoms with E-state index in [-0.39, 0.29) is 35.5 Å². The second kappa shape index (κ2) is 8.62. The molecule has 1 saturated heterocycles. The third kappa shape index (κ3) is 4.25. The van der Waals surface area contributed by atoms with E-state index < -0.39 is 5.82 Å². The van der Waals surface area contributed by atoms with Gasteiger partial charge in [-0.2, -0.15) is 4.98 Å². The summed E-state index contributed by atoms with van der Waals surface area (Å²) in [7, 11) is 2.14. The molecular formula is C24H30FN7O. The molecule has 1 aromatic heterocycles. The Bertz CT molecular complexity index is 1080. The van der Waals surface area contributed by atoms with Gasteiger partial charge in [-0.05, 0) is 56.0 Å². The molecule has 2 bridgehead atoms. The van der Waals surface area contributed by atoms with Crippen LogP contribution in [0.15, 0.2) is 36.5 Å². The molecule has 174 valence electrons. The topological polar surface area (TPSA) is 99.4 Å². The fraction of sp³-hybridized carbons (Fsp3) is 0.458. The maximum Gasteiger partial charge on any atom is 0.229 e. The van der Waals surface area contributed by atoms with Gasteiger partial charge in [0.15, 0.2) is 11.6 Å². The number of nitrogens with two attached hydrogens (primary N) is 1. The molecule has 2 heterocycles. The predicted molar refractivity (Wildman–Crippen MR) is 127 cm³/mol. The number of carbonyl (C=O) groups is 1. The van der Waals surface area contributed by atoms with Crippen LogP contribution in [-0.2, 0) is 4.79 Å². The number of aryl methyl sites for hydroxylation is 1. The molecule has 33 heavy (non-hydrogen) atoms. The minimum Gasteiger partial charge on any atom is -0.369 e. The lowest BCUT2D eigenvalue weighted by Gasteiger charge is -2.35. The molecule has 9 heteroatoms. The zero-order valence-electron chi connectivity index (χ0n) is 19.0. The molecule has 8 nitrogen and oxygen atoms in total. The van der Waals surface area contributed by atoms with E-state index in [1.165, 1.54) is 5.69 Å². The predicted octanol–water partition coefficient (Wildman–Crippen LogP) is 2.51. The summed E-state index contributed by atoms with van der Waals surface area (Å²) in [4.78, 5) is 25.2. The summed E-state index contributed by atoms with van der Waals surface area (Å²) in [6, 6.07) is 5.88. The summed E-state index contributed by atoms with van der Waals surface area (Å²) in [5.74, 6) is -0.673. The molecular weight excluding hydrogens is 421 g/mol. The summed E-state index contributed by atoms with van der Waals surface area (Å²) in [5.41, 5.74) is 8.84.